The predicted octanol–water partition coefficient (Wildman–Crippen LogP) is 6.09. The highest BCUT2D eigenvalue weighted by atomic mass is 32.1. The van der Waals surface area contributed by atoms with Gasteiger partial charge in [0.05, 0.1) is 33.6 Å². The maximum absolute atomic E-state index is 13.6. The Bertz CT molecular complexity index is 1210. The summed E-state index contributed by atoms with van der Waals surface area (Å²) >= 11 is 1.99. The number of carbonyl (C=O) groups is 1. The van der Waals surface area contributed by atoms with Crippen LogP contribution in [0, 0.1) is 0 Å². The molecule has 0 radical (unpaired) electrons. The molecule has 4 aromatic rings. The van der Waals surface area contributed by atoms with E-state index in [1.54, 1.807) is 41.8 Å². The van der Waals surface area contributed by atoms with Gasteiger partial charge in [0.15, 0.2) is 10.8 Å². The molecule has 0 aliphatic heterocycles. The number of methoxy groups -OCH3 is 1. The zero-order valence-corrected chi connectivity index (χ0v) is 16.9. The van der Waals surface area contributed by atoms with Gasteiger partial charge in [0.1, 0.15) is 5.75 Å². The number of fused-ring (bicyclic) bond motifs is 1. The molecular weight excluding hydrogens is 437 g/mol. The molecule has 1 aromatic carbocycles. The molecule has 3 heterocycles. The van der Waals surface area contributed by atoms with E-state index >= 15 is 0 Å². The van der Waals surface area contributed by atoms with E-state index in [-0.39, 0.29) is 21.2 Å². The third-order valence-electron chi connectivity index (χ3n) is 4.02. The number of anilines is 2. The van der Waals surface area contributed by atoms with Crippen molar-refractivity contribution >= 4 is 49.9 Å². The van der Waals surface area contributed by atoms with Gasteiger partial charge in [-0.1, -0.05) is 29.5 Å². The molecule has 0 unspecified atom stereocenters. The number of thiophene rings is 1. The Labute approximate surface area is 176 Å². The summed E-state index contributed by atoms with van der Waals surface area (Å²) in [7, 11) is 1.46. The summed E-state index contributed by atoms with van der Waals surface area (Å²) in [6.45, 7) is 0. The molecule has 0 atom stereocenters. The van der Waals surface area contributed by atoms with Crippen LogP contribution in [0.25, 0.3) is 20.9 Å². The second-order valence-electron chi connectivity index (χ2n) is 5.98. The van der Waals surface area contributed by atoms with Gasteiger partial charge in [-0.05, 0) is 29.6 Å². The number of hydrogen-bond acceptors (Lipinski definition) is 6. The Hall–Kier alpha value is -3.18. The number of pyridine rings is 1. The number of amides is 2. The lowest BCUT2D eigenvalue weighted by Crippen LogP contribution is -2.19. The Morgan fingerprint density at radius 1 is 1.10 bits per heavy atom. The van der Waals surface area contributed by atoms with E-state index in [0.29, 0.717) is 27.7 Å². The predicted molar refractivity (Wildman–Crippen MR) is 111 cm³/mol. The van der Waals surface area contributed by atoms with Crippen molar-refractivity contribution in [3.05, 3.63) is 53.4 Å². The van der Waals surface area contributed by atoms with Crippen molar-refractivity contribution in [1.29, 1.82) is 0 Å². The Morgan fingerprint density at radius 2 is 1.90 bits per heavy atom. The first kappa shape index (κ1) is 20.1. The van der Waals surface area contributed by atoms with Gasteiger partial charge in [0.25, 0.3) is 0 Å². The van der Waals surface area contributed by atoms with Crippen LogP contribution in [0.5, 0.6) is 5.75 Å². The second-order valence-corrected chi connectivity index (χ2v) is 7.93. The molecule has 0 spiro atoms. The van der Waals surface area contributed by atoms with E-state index < -0.39 is 17.8 Å². The number of rotatable bonds is 4. The molecule has 0 saturated heterocycles. The first-order valence-corrected chi connectivity index (χ1v) is 10.2. The van der Waals surface area contributed by atoms with Gasteiger partial charge in [-0.15, -0.1) is 11.3 Å². The summed E-state index contributed by atoms with van der Waals surface area (Å²) in [6, 6.07) is 10.5. The van der Waals surface area contributed by atoms with E-state index in [9.17, 15) is 18.0 Å². The highest BCUT2D eigenvalue weighted by Crippen LogP contribution is 2.40. The molecule has 0 aliphatic rings. The van der Waals surface area contributed by atoms with Gasteiger partial charge in [-0.25, -0.2) is 9.78 Å². The number of nitrogens with one attached hydrogen (secondary N) is 2. The fourth-order valence-corrected chi connectivity index (χ4v) is 4.35. The highest BCUT2D eigenvalue weighted by molar-refractivity contribution is 7.22. The van der Waals surface area contributed by atoms with Crippen LogP contribution in [-0.2, 0) is 6.18 Å². The molecule has 30 heavy (non-hydrogen) atoms. The Kier molecular flexibility index (Phi) is 5.31. The van der Waals surface area contributed by atoms with Gasteiger partial charge in [0.2, 0.25) is 0 Å². The van der Waals surface area contributed by atoms with Crippen LogP contribution in [0.3, 0.4) is 0 Å². The molecular formula is C19H13F3N4O2S2. The molecule has 2 amide bonds. The fraction of sp³-hybridized carbons (Fsp3) is 0.105. The summed E-state index contributed by atoms with van der Waals surface area (Å²) in [5, 5.41) is 6.80. The van der Waals surface area contributed by atoms with Gasteiger partial charge in [0, 0.05) is 0 Å². The number of halogens is 3. The number of para-hydroxylation sites is 2. The summed E-state index contributed by atoms with van der Waals surface area (Å²) in [5.41, 5.74) is -0.328. The monoisotopic (exact) mass is 450 g/mol. The molecule has 0 saturated carbocycles. The fourth-order valence-electron chi connectivity index (χ4n) is 2.73. The number of carbonyl (C=O) groups excluding carboxylic acids is 1. The Balaban J connectivity index is 1.66. The number of nitrogens with zero attached hydrogens (tertiary/aromatic N) is 2. The lowest BCUT2D eigenvalue weighted by molar-refractivity contribution is -0.136. The van der Waals surface area contributed by atoms with E-state index in [0.717, 1.165) is 6.07 Å². The lowest BCUT2D eigenvalue weighted by Gasteiger charge is -2.09. The molecule has 2 N–H and O–H groups in total. The van der Waals surface area contributed by atoms with Crippen molar-refractivity contribution in [2.24, 2.45) is 0 Å². The smallest absolute Gasteiger partial charge is 0.417 e. The summed E-state index contributed by atoms with van der Waals surface area (Å²) < 4.78 is 45.9. The summed E-state index contributed by atoms with van der Waals surface area (Å²) in [4.78, 5) is 21.2. The van der Waals surface area contributed by atoms with Crippen LogP contribution in [-0.4, -0.2) is 23.1 Å². The van der Waals surface area contributed by atoms with Crippen LogP contribution < -0.4 is 15.4 Å². The first-order chi connectivity index (χ1) is 14.3. The highest BCUT2D eigenvalue weighted by Gasteiger charge is 2.35. The number of hydrogen-bond donors (Lipinski definition) is 2. The number of thiazole rings is 1. The third-order valence-corrected chi connectivity index (χ3v) is 5.90. The van der Waals surface area contributed by atoms with Crippen molar-refractivity contribution in [1.82, 2.24) is 9.97 Å². The number of urea groups is 1. The van der Waals surface area contributed by atoms with Gasteiger partial charge in [-0.2, -0.15) is 18.2 Å². The average molecular weight is 450 g/mol. The minimum absolute atomic E-state index is 0.00118. The molecule has 0 bridgehead atoms. The van der Waals surface area contributed by atoms with Crippen molar-refractivity contribution in [3.63, 3.8) is 0 Å². The zero-order valence-electron chi connectivity index (χ0n) is 15.3. The standard InChI is InChI=1S/C19H13F3N4O2S2/c1-28-13-6-3-2-5-11(13)24-17(27)26-18-25-16-15(30-18)10(19(20,21)22)9-12(23-16)14-7-4-8-29-14/h2-9H,1H3,(H2,23,24,25,26,27). The second kappa shape index (κ2) is 7.92. The molecule has 154 valence electrons. The summed E-state index contributed by atoms with van der Waals surface area (Å²) in [5.74, 6) is 0.443. The number of ether oxygens (including phenoxy) is 1. The topological polar surface area (TPSA) is 76.1 Å². The first-order valence-electron chi connectivity index (χ1n) is 8.49. The van der Waals surface area contributed by atoms with Crippen molar-refractivity contribution in [2.75, 3.05) is 17.7 Å². The van der Waals surface area contributed by atoms with Crippen LogP contribution in [0.2, 0.25) is 0 Å². The van der Waals surface area contributed by atoms with Gasteiger partial charge >= 0.3 is 12.2 Å². The number of benzene rings is 1. The largest absolute Gasteiger partial charge is 0.495 e. The summed E-state index contributed by atoms with van der Waals surface area (Å²) in [6.07, 6.45) is -4.59. The average Bonchev–Trinajstić information content (AvgIpc) is 3.36. The minimum Gasteiger partial charge on any atom is -0.495 e. The molecule has 6 nitrogen and oxygen atoms in total. The normalized spacial score (nSPS) is 11.5. The Morgan fingerprint density at radius 3 is 2.60 bits per heavy atom. The van der Waals surface area contributed by atoms with E-state index in [1.807, 2.05) is 0 Å². The molecule has 0 fully saturated rings. The van der Waals surface area contributed by atoms with Crippen LogP contribution in [0.15, 0.2) is 47.8 Å². The molecule has 3 aromatic heterocycles. The minimum atomic E-state index is -4.59. The maximum atomic E-state index is 13.6. The number of aromatic nitrogens is 2. The number of alkyl halides is 3. The van der Waals surface area contributed by atoms with Crippen LogP contribution >= 0.6 is 22.7 Å². The van der Waals surface area contributed by atoms with E-state index in [4.69, 9.17) is 4.74 Å². The van der Waals surface area contributed by atoms with E-state index in [1.165, 1.54) is 18.4 Å². The molecule has 0 aliphatic carbocycles. The van der Waals surface area contributed by atoms with Gasteiger partial charge in [-0.3, -0.25) is 5.32 Å². The quantitative estimate of drug-likeness (QED) is 0.394. The SMILES string of the molecule is COc1ccccc1NC(=O)Nc1nc2nc(-c3cccs3)cc(C(F)(F)F)c2s1. The van der Waals surface area contributed by atoms with Crippen molar-refractivity contribution in [3.8, 4) is 16.3 Å². The van der Waals surface area contributed by atoms with Crippen LogP contribution in [0.1, 0.15) is 5.56 Å². The van der Waals surface area contributed by atoms with Gasteiger partial charge < -0.3 is 10.1 Å². The van der Waals surface area contributed by atoms with Crippen molar-refractivity contribution in [2.45, 2.75) is 6.18 Å². The lowest BCUT2D eigenvalue weighted by atomic mass is 10.2. The van der Waals surface area contributed by atoms with E-state index in [2.05, 4.69) is 20.6 Å². The molecule has 11 heteroatoms. The maximum Gasteiger partial charge on any atom is 0.417 e. The zero-order chi connectivity index (χ0) is 21.3. The molecule has 4 rings (SSSR count). The third kappa shape index (κ3) is 4.07. The van der Waals surface area contributed by atoms with Crippen molar-refractivity contribution < 1.29 is 22.7 Å². The van der Waals surface area contributed by atoms with Crippen LogP contribution in [0.4, 0.5) is 28.8 Å².